The minimum absolute atomic E-state index is 0.000974. The molecule has 5 nitrogen and oxygen atoms in total. The van der Waals surface area contributed by atoms with E-state index in [9.17, 15) is 9.59 Å². The summed E-state index contributed by atoms with van der Waals surface area (Å²) in [5.74, 6) is 0.0179. The molecule has 0 aromatic carbocycles. The third kappa shape index (κ3) is 3.58. The Balaban J connectivity index is 1.84. The van der Waals surface area contributed by atoms with Crippen molar-refractivity contribution in [2.75, 3.05) is 26.7 Å². The first-order valence-corrected chi connectivity index (χ1v) is 7.91. The number of carbonyl (C=O) groups is 2. The van der Waals surface area contributed by atoms with E-state index in [-0.39, 0.29) is 23.9 Å². The maximum Gasteiger partial charge on any atom is 0.247 e. The molecular formula is C15H27N3O2. The van der Waals surface area contributed by atoms with E-state index in [0.717, 1.165) is 45.3 Å². The Labute approximate surface area is 121 Å². The van der Waals surface area contributed by atoms with Gasteiger partial charge in [-0.25, -0.2) is 0 Å². The van der Waals surface area contributed by atoms with Crippen molar-refractivity contribution in [2.45, 2.75) is 57.5 Å². The maximum atomic E-state index is 12.4. The predicted octanol–water partition coefficient (Wildman–Crippen LogP) is 0.988. The first-order valence-electron chi connectivity index (χ1n) is 7.91. The third-order valence-corrected chi connectivity index (χ3v) is 4.55. The summed E-state index contributed by atoms with van der Waals surface area (Å²) in [6.07, 6.45) is 5.83. The molecule has 2 amide bonds. The summed E-state index contributed by atoms with van der Waals surface area (Å²) < 4.78 is 0. The molecule has 1 unspecified atom stereocenters. The number of nitrogens with one attached hydrogen (secondary N) is 1. The van der Waals surface area contributed by atoms with Crippen LogP contribution in [0.5, 0.6) is 0 Å². The highest BCUT2D eigenvalue weighted by Crippen LogP contribution is 2.27. The van der Waals surface area contributed by atoms with Crippen LogP contribution in [0, 0.1) is 0 Å². The molecule has 1 aliphatic heterocycles. The second kappa shape index (κ2) is 7.18. The van der Waals surface area contributed by atoms with E-state index in [0.29, 0.717) is 6.42 Å². The predicted molar refractivity (Wildman–Crippen MR) is 78.3 cm³/mol. The summed E-state index contributed by atoms with van der Waals surface area (Å²) in [4.78, 5) is 28.2. The zero-order valence-electron chi connectivity index (χ0n) is 12.7. The summed E-state index contributed by atoms with van der Waals surface area (Å²) in [5.41, 5.74) is 0. The van der Waals surface area contributed by atoms with Gasteiger partial charge in [0, 0.05) is 19.1 Å². The lowest BCUT2D eigenvalue weighted by Gasteiger charge is -2.29. The SMILES string of the molecule is CCN(C)CCNC1CC(=O)N(C2CCCCC2)C1=O. The van der Waals surface area contributed by atoms with Crippen molar-refractivity contribution >= 4 is 11.8 Å². The number of likely N-dealkylation sites (N-methyl/N-ethyl adjacent to an activating group) is 1. The van der Waals surface area contributed by atoms with Crippen LogP contribution < -0.4 is 5.32 Å². The quantitative estimate of drug-likeness (QED) is 0.738. The van der Waals surface area contributed by atoms with Crippen molar-refractivity contribution in [3.63, 3.8) is 0 Å². The summed E-state index contributed by atoms with van der Waals surface area (Å²) in [5, 5.41) is 3.24. The van der Waals surface area contributed by atoms with Gasteiger partial charge in [-0.1, -0.05) is 26.2 Å². The molecule has 2 fully saturated rings. The van der Waals surface area contributed by atoms with Crippen LogP contribution in [0.2, 0.25) is 0 Å². The fourth-order valence-electron chi connectivity index (χ4n) is 3.12. The number of amides is 2. The molecule has 20 heavy (non-hydrogen) atoms. The van der Waals surface area contributed by atoms with Gasteiger partial charge in [-0.2, -0.15) is 0 Å². The van der Waals surface area contributed by atoms with E-state index in [4.69, 9.17) is 0 Å². The van der Waals surface area contributed by atoms with Crippen LogP contribution >= 0.6 is 0 Å². The van der Waals surface area contributed by atoms with Gasteiger partial charge >= 0.3 is 0 Å². The van der Waals surface area contributed by atoms with Crippen molar-refractivity contribution in [3.8, 4) is 0 Å². The second-order valence-corrected chi connectivity index (χ2v) is 6.00. The summed E-state index contributed by atoms with van der Waals surface area (Å²) >= 11 is 0. The van der Waals surface area contributed by atoms with Gasteiger partial charge in [-0.3, -0.25) is 14.5 Å². The number of imide groups is 1. The Bertz CT molecular complexity index is 353. The maximum absolute atomic E-state index is 12.4. The van der Waals surface area contributed by atoms with Gasteiger partial charge in [0.15, 0.2) is 0 Å². The molecule has 0 aromatic heterocycles. The van der Waals surface area contributed by atoms with Crippen LogP contribution in [-0.4, -0.2) is 60.4 Å². The van der Waals surface area contributed by atoms with Crippen molar-refractivity contribution in [1.82, 2.24) is 15.1 Å². The zero-order valence-corrected chi connectivity index (χ0v) is 12.7. The van der Waals surface area contributed by atoms with Gasteiger partial charge in [-0.05, 0) is 26.4 Å². The van der Waals surface area contributed by atoms with Crippen LogP contribution in [0.4, 0.5) is 0 Å². The zero-order chi connectivity index (χ0) is 14.5. The van der Waals surface area contributed by atoms with Crippen molar-refractivity contribution in [1.29, 1.82) is 0 Å². The van der Waals surface area contributed by atoms with Crippen LogP contribution in [0.1, 0.15) is 45.4 Å². The van der Waals surface area contributed by atoms with Gasteiger partial charge in [0.2, 0.25) is 11.8 Å². The second-order valence-electron chi connectivity index (χ2n) is 6.00. The summed E-state index contributed by atoms with van der Waals surface area (Å²) in [6.45, 7) is 4.76. The lowest BCUT2D eigenvalue weighted by molar-refractivity contribution is -0.142. The highest BCUT2D eigenvalue weighted by molar-refractivity contribution is 6.05. The minimum atomic E-state index is -0.297. The monoisotopic (exact) mass is 281 g/mol. The van der Waals surface area contributed by atoms with Crippen molar-refractivity contribution < 1.29 is 9.59 Å². The van der Waals surface area contributed by atoms with E-state index in [1.165, 1.54) is 6.42 Å². The number of hydrogen-bond donors (Lipinski definition) is 1. The highest BCUT2D eigenvalue weighted by atomic mass is 16.2. The number of rotatable bonds is 6. The molecule has 114 valence electrons. The van der Waals surface area contributed by atoms with E-state index in [1.807, 2.05) is 0 Å². The molecule has 1 N–H and O–H groups in total. The van der Waals surface area contributed by atoms with E-state index >= 15 is 0 Å². The summed E-state index contributed by atoms with van der Waals surface area (Å²) in [7, 11) is 2.05. The molecule has 0 aromatic rings. The van der Waals surface area contributed by atoms with Gasteiger partial charge in [0.1, 0.15) is 0 Å². The van der Waals surface area contributed by atoms with E-state index < -0.39 is 0 Å². The number of likely N-dealkylation sites (tertiary alicyclic amines) is 1. The standard InChI is InChI=1S/C15H27N3O2/c1-3-17(2)10-9-16-13-11-14(19)18(15(13)20)12-7-5-4-6-8-12/h12-13,16H,3-11H2,1-2H3. The van der Waals surface area contributed by atoms with Crippen molar-refractivity contribution in [3.05, 3.63) is 0 Å². The fraction of sp³-hybridized carbons (Fsp3) is 0.867. The average molecular weight is 281 g/mol. The molecule has 1 atom stereocenters. The molecule has 1 heterocycles. The average Bonchev–Trinajstić information content (AvgIpc) is 2.74. The first-order chi connectivity index (χ1) is 9.63. The molecule has 2 aliphatic rings. The van der Waals surface area contributed by atoms with Gasteiger partial charge < -0.3 is 10.2 Å². The van der Waals surface area contributed by atoms with Gasteiger partial charge in [0.05, 0.1) is 12.5 Å². The number of hydrogen-bond acceptors (Lipinski definition) is 4. The van der Waals surface area contributed by atoms with E-state index in [1.54, 1.807) is 4.90 Å². The van der Waals surface area contributed by atoms with Crippen LogP contribution in [0.3, 0.4) is 0 Å². The Morgan fingerprint density at radius 2 is 1.95 bits per heavy atom. The van der Waals surface area contributed by atoms with Crippen LogP contribution in [0.25, 0.3) is 0 Å². The molecule has 5 heteroatoms. The van der Waals surface area contributed by atoms with Gasteiger partial charge in [-0.15, -0.1) is 0 Å². The smallest absolute Gasteiger partial charge is 0.247 e. The molecule has 1 saturated carbocycles. The molecule has 2 rings (SSSR count). The molecule has 0 bridgehead atoms. The van der Waals surface area contributed by atoms with Gasteiger partial charge in [0.25, 0.3) is 0 Å². The Kier molecular flexibility index (Phi) is 5.54. The Morgan fingerprint density at radius 3 is 2.60 bits per heavy atom. The molecule has 1 aliphatic carbocycles. The molecule has 0 radical (unpaired) electrons. The lowest BCUT2D eigenvalue weighted by Crippen LogP contribution is -2.45. The van der Waals surface area contributed by atoms with Crippen LogP contribution in [-0.2, 0) is 9.59 Å². The topological polar surface area (TPSA) is 52.7 Å². The third-order valence-electron chi connectivity index (χ3n) is 4.55. The molecule has 1 saturated heterocycles. The normalized spacial score (nSPS) is 24.9. The Hall–Kier alpha value is -0.940. The number of carbonyl (C=O) groups excluding carboxylic acids is 2. The largest absolute Gasteiger partial charge is 0.305 e. The molecular weight excluding hydrogens is 254 g/mol. The van der Waals surface area contributed by atoms with Crippen LogP contribution in [0.15, 0.2) is 0 Å². The molecule has 0 spiro atoms. The Morgan fingerprint density at radius 1 is 1.25 bits per heavy atom. The lowest BCUT2D eigenvalue weighted by atomic mass is 9.94. The first kappa shape index (κ1) is 15.4. The fourth-order valence-corrected chi connectivity index (χ4v) is 3.12. The van der Waals surface area contributed by atoms with E-state index in [2.05, 4.69) is 24.2 Å². The summed E-state index contributed by atoms with van der Waals surface area (Å²) in [6, 6.07) is -0.136. The highest BCUT2D eigenvalue weighted by Gasteiger charge is 2.42. The minimum Gasteiger partial charge on any atom is -0.305 e. The number of nitrogens with zero attached hydrogens (tertiary/aromatic N) is 2. The van der Waals surface area contributed by atoms with Crippen molar-refractivity contribution in [2.24, 2.45) is 0 Å².